The van der Waals surface area contributed by atoms with Crippen LogP contribution in [-0.2, 0) is 0 Å². The van der Waals surface area contributed by atoms with Crippen LogP contribution in [-0.4, -0.2) is 11.5 Å². The summed E-state index contributed by atoms with van der Waals surface area (Å²) in [7, 11) is 0. The van der Waals surface area contributed by atoms with Crippen LogP contribution in [0.25, 0.3) is 0 Å². The van der Waals surface area contributed by atoms with E-state index in [4.69, 9.17) is 5.73 Å². The van der Waals surface area contributed by atoms with E-state index in [2.05, 4.69) is 10.3 Å². The van der Waals surface area contributed by atoms with Crippen LogP contribution >= 0.6 is 0 Å². The highest BCUT2D eigenvalue weighted by Crippen LogP contribution is 2.32. The van der Waals surface area contributed by atoms with Gasteiger partial charge < -0.3 is 11.1 Å². The van der Waals surface area contributed by atoms with Gasteiger partial charge in [-0.15, -0.1) is 0 Å². The van der Waals surface area contributed by atoms with E-state index in [0.29, 0.717) is 5.82 Å². The van der Waals surface area contributed by atoms with Crippen molar-refractivity contribution in [1.82, 2.24) is 4.98 Å². The minimum atomic E-state index is 0.596. The third-order valence-corrected chi connectivity index (χ3v) is 2.40. The monoisotopic (exact) mass is 177 g/mol. The Morgan fingerprint density at radius 3 is 3.08 bits per heavy atom. The maximum atomic E-state index is 5.68. The summed E-state index contributed by atoms with van der Waals surface area (Å²) in [6.45, 7) is 1.01. The van der Waals surface area contributed by atoms with Gasteiger partial charge in [0.2, 0.25) is 0 Å². The molecule has 0 radical (unpaired) electrons. The minimum Gasteiger partial charge on any atom is -0.382 e. The number of rotatable bonds is 4. The first kappa shape index (κ1) is 8.35. The molecule has 0 atom stereocenters. The molecule has 0 bridgehead atoms. The molecule has 0 spiro atoms. The number of hydrogen-bond acceptors (Lipinski definition) is 3. The van der Waals surface area contributed by atoms with Crippen molar-refractivity contribution >= 4 is 11.5 Å². The van der Waals surface area contributed by atoms with E-state index in [9.17, 15) is 0 Å². The molecule has 70 valence electrons. The van der Waals surface area contributed by atoms with E-state index in [-0.39, 0.29) is 0 Å². The molecule has 3 heteroatoms. The summed E-state index contributed by atoms with van der Waals surface area (Å²) in [5.74, 6) is 1.56. The largest absolute Gasteiger partial charge is 0.382 e. The molecule has 3 N–H and O–H groups in total. The van der Waals surface area contributed by atoms with E-state index < -0.39 is 0 Å². The van der Waals surface area contributed by atoms with Gasteiger partial charge in [0.25, 0.3) is 0 Å². The summed E-state index contributed by atoms with van der Waals surface area (Å²) in [5, 5.41) is 3.30. The maximum Gasteiger partial charge on any atom is 0.146 e. The Labute approximate surface area is 78.4 Å². The minimum absolute atomic E-state index is 0.596. The number of anilines is 2. The third-order valence-electron chi connectivity index (χ3n) is 2.40. The predicted octanol–water partition coefficient (Wildman–Crippen LogP) is 1.88. The van der Waals surface area contributed by atoms with Crippen LogP contribution in [0.4, 0.5) is 11.5 Å². The standard InChI is InChI=1S/C10H15N3/c11-10-9(2-1-6-13-10)12-7-5-8-3-4-8/h1-2,6,8,12H,3-5,7H2,(H2,11,13). The molecule has 13 heavy (non-hydrogen) atoms. The number of pyridine rings is 1. The number of hydrogen-bond donors (Lipinski definition) is 2. The van der Waals surface area contributed by atoms with Gasteiger partial charge in [-0.1, -0.05) is 12.8 Å². The van der Waals surface area contributed by atoms with E-state index >= 15 is 0 Å². The van der Waals surface area contributed by atoms with E-state index in [1.54, 1.807) is 6.20 Å². The molecular weight excluding hydrogens is 162 g/mol. The SMILES string of the molecule is Nc1ncccc1NCCC1CC1. The molecule has 0 saturated heterocycles. The Morgan fingerprint density at radius 2 is 2.38 bits per heavy atom. The number of nitrogens with one attached hydrogen (secondary N) is 1. The molecule has 1 fully saturated rings. The fraction of sp³-hybridized carbons (Fsp3) is 0.500. The first-order chi connectivity index (χ1) is 6.36. The van der Waals surface area contributed by atoms with Gasteiger partial charge in [0.15, 0.2) is 0 Å². The van der Waals surface area contributed by atoms with Gasteiger partial charge in [-0.2, -0.15) is 0 Å². The van der Waals surface area contributed by atoms with Crippen LogP contribution in [0, 0.1) is 5.92 Å². The Kier molecular flexibility index (Phi) is 2.34. The van der Waals surface area contributed by atoms with Crippen LogP contribution < -0.4 is 11.1 Å². The molecule has 3 nitrogen and oxygen atoms in total. The lowest BCUT2D eigenvalue weighted by Gasteiger charge is -2.06. The summed E-state index contributed by atoms with van der Waals surface area (Å²) in [6.07, 6.45) is 5.78. The third kappa shape index (κ3) is 2.34. The Hall–Kier alpha value is -1.25. The van der Waals surface area contributed by atoms with Gasteiger partial charge >= 0.3 is 0 Å². The maximum absolute atomic E-state index is 5.68. The second-order valence-electron chi connectivity index (χ2n) is 3.60. The summed E-state index contributed by atoms with van der Waals surface area (Å²) in [4.78, 5) is 4.01. The lowest BCUT2D eigenvalue weighted by molar-refractivity contribution is 0.760. The first-order valence-electron chi connectivity index (χ1n) is 4.80. The first-order valence-corrected chi connectivity index (χ1v) is 4.80. The summed E-state index contributed by atoms with van der Waals surface area (Å²) in [5.41, 5.74) is 6.64. The highest BCUT2D eigenvalue weighted by molar-refractivity contribution is 5.60. The molecule has 1 aromatic rings. The average molecular weight is 177 g/mol. The van der Waals surface area contributed by atoms with Gasteiger partial charge in [-0.3, -0.25) is 0 Å². The van der Waals surface area contributed by atoms with E-state index in [0.717, 1.165) is 18.2 Å². The Balaban J connectivity index is 1.82. The molecule has 1 aliphatic rings. The predicted molar refractivity (Wildman–Crippen MR) is 54.5 cm³/mol. The summed E-state index contributed by atoms with van der Waals surface area (Å²) < 4.78 is 0. The smallest absolute Gasteiger partial charge is 0.146 e. The van der Waals surface area contributed by atoms with E-state index in [1.807, 2.05) is 12.1 Å². The average Bonchev–Trinajstić information content (AvgIpc) is 2.92. The Bertz CT molecular complexity index is 281. The normalized spacial score (nSPS) is 15.7. The highest BCUT2D eigenvalue weighted by atomic mass is 14.9. The zero-order valence-electron chi connectivity index (χ0n) is 7.66. The van der Waals surface area contributed by atoms with E-state index in [1.165, 1.54) is 19.3 Å². The fourth-order valence-electron chi connectivity index (χ4n) is 1.38. The number of nitrogens with zero attached hydrogens (tertiary/aromatic N) is 1. The highest BCUT2D eigenvalue weighted by Gasteiger charge is 2.20. The zero-order valence-corrected chi connectivity index (χ0v) is 7.66. The molecule has 1 aliphatic carbocycles. The van der Waals surface area contributed by atoms with Crippen molar-refractivity contribution < 1.29 is 0 Å². The molecule has 1 aromatic heterocycles. The van der Waals surface area contributed by atoms with Crippen molar-refractivity contribution in [3.8, 4) is 0 Å². The van der Waals surface area contributed by atoms with Gasteiger partial charge in [0, 0.05) is 12.7 Å². The molecule has 0 amide bonds. The molecule has 1 saturated carbocycles. The van der Waals surface area contributed by atoms with Crippen molar-refractivity contribution in [2.24, 2.45) is 5.92 Å². The zero-order chi connectivity index (χ0) is 9.10. The second kappa shape index (κ2) is 3.64. The van der Waals surface area contributed by atoms with Crippen LogP contribution in [0.1, 0.15) is 19.3 Å². The van der Waals surface area contributed by atoms with Gasteiger partial charge in [0.1, 0.15) is 5.82 Å². The van der Waals surface area contributed by atoms with Crippen LogP contribution in [0.2, 0.25) is 0 Å². The quantitative estimate of drug-likeness (QED) is 0.738. The van der Waals surface area contributed by atoms with Crippen molar-refractivity contribution in [3.63, 3.8) is 0 Å². The molecule has 2 rings (SSSR count). The summed E-state index contributed by atoms with van der Waals surface area (Å²) in [6, 6.07) is 3.87. The van der Waals surface area contributed by atoms with Gasteiger partial charge in [0.05, 0.1) is 5.69 Å². The van der Waals surface area contributed by atoms with Crippen LogP contribution in [0.15, 0.2) is 18.3 Å². The van der Waals surface area contributed by atoms with Crippen molar-refractivity contribution in [2.45, 2.75) is 19.3 Å². The lowest BCUT2D eigenvalue weighted by Crippen LogP contribution is -2.05. The van der Waals surface area contributed by atoms with Crippen molar-refractivity contribution in [2.75, 3.05) is 17.6 Å². The van der Waals surface area contributed by atoms with Crippen molar-refractivity contribution in [1.29, 1.82) is 0 Å². The molecule has 0 unspecified atom stereocenters. The molecule has 0 aromatic carbocycles. The lowest BCUT2D eigenvalue weighted by atomic mass is 10.3. The second-order valence-corrected chi connectivity index (χ2v) is 3.60. The van der Waals surface area contributed by atoms with Crippen LogP contribution in [0.3, 0.4) is 0 Å². The van der Waals surface area contributed by atoms with Crippen LogP contribution in [0.5, 0.6) is 0 Å². The number of aromatic nitrogens is 1. The van der Waals surface area contributed by atoms with Crippen molar-refractivity contribution in [3.05, 3.63) is 18.3 Å². The molecule has 0 aliphatic heterocycles. The molecule has 1 heterocycles. The Morgan fingerprint density at radius 1 is 1.54 bits per heavy atom. The van der Waals surface area contributed by atoms with Gasteiger partial charge in [-0.05, 0) is 24.5 Å². The molecular formula is C10H15N3. The number of nitrogens with two attached hydrogens (primary N) is 1. The number of nitrogen functional groups attached to an aromatic ring is 1. The fourth-order valence-corrected chi connectivity index (χ4v) is 1.38. The summed E-state index contributed by atoms with van der Waals surface area (Å²) >= 11 is 0. The topological polar surface area (TPSA) is 50.9 Å². The van der Waals surface area contributed by atoms with Gasteiger partial charge in [-0.25, -0.2) is 4.98 Å².